The van der Waals surface area contributed by atoms with E-state index in [2.05, 4.69) is 36.9 Å². The Morgan fingerprint density at radius 2 is 1.46 bits per heavy atom. The molecular formula is C29H22BrN5O2. The highest BCUT2D eigenvalue weighted by molar-refractivity contribution is 9.10. The molecule has 0 aliphatic heterocycles. The molecule has 3 N–H and O–H groups in total. The lowest BCUT2D eigenvalue weighted by atomic mass is 9.99. The van der Waals surface area contributed by atoms with Gasteiger partial charge in [-0.15, -0.1) is 0 Å². The van der Waals surface area contributed by atoms with Gasteiger partial charge in [0.25, 0.3) is 5.56 Å². The van der Waals surface area contributed by atoms with Crippen LogP contribution in [0.1, 0.15) is 11.1 Å². The molecular weight excluding hydrogens is 530 g/mol. The normalized spacial score (nSPS) is 11.2. The summed E-state index contributed by atoms with van der Waals surface area (Å²) in [6, 6.07) is 34.8. The van der Waals surface area contributed by atoms with E-state index in [-0.39, 0.29) is 5.56 Å². The predicted molar refractivity (Wildman–Crippen MR) is 150 cm³/mol. The fourth-order valence-corrected chi connectivity index (χ4v) is 4.32. The Hall–Kier alpha value is -4.69. The largest absolute Gasteiger partial charge is 0.339 e. The minimum Gasteiger partial charge on any atom is -0.307 e. The van der Waals surface area contributed by atoms with E-state index in [1.54, 1.807) is 12.1 Å². The Morgan fingerprint density at radius 3 is 2.14 bits per heavy atom. The van der Waals surface area contributed by atoms with Crippen molar-refractivity contribution in [1.82, 2.24) is 15.2 Å². The van der Waals surface area contributed by atoms with Crippen LogP contribution in [0.25, 0.3) is 16.9 Å². The summed E-state index contributed by atoms with van der Waals surface area (Å²) in [7, 11) is 0. The van der Waals surface area contributed by atoms with Crippen LogP contribution in [0.3, 0.4) is 0 Å². The number of rotatable bonds is 6. The molecule has 1 heterocycles. The first kappa shape index (κ1) is 24.0. The minimum atomic E-state index is -0.529. The number of halogens is 1. The predicted octanol–water partition coefficient (Wildman–Crippen LogP) is 6.17. The van der Waals surface area contributed by atoms with Crippen molar-refractivity contribution in [1.29, 1.82) is 0 Å². The number of H-pyrrole nitrogens is 1. The van der Waals surface area contributed by atoms with Crippen LogP contribution in [0, 0.1) is 0 Å². The maximum atomic E-state index is 13.9. The van der Waals surface area contributed by atoms with Crippen molar-refractivity contribution in [2.24, 2.45) is 5.10 Å². The molecule has 0 atom stereocenters. The van der Waals surface area contributed by atoms with Crippen molar-refractivity contribution >= 4 is 33.4 Å². The number of carbonyl (C=O) groups excluding carboxylic acids is 1. The van der Waals surface area contributed by atoms with Gasteiger partial charge >= 0.3 is 6.03 Å². The number of hydrogen-bond donors (Lipinski definition) is 3. The smallest absolute Gasteiger partial charge is 0.307 e. The van der Waals surface area contributed by atoms with Crippen molar-refractivity contribution in [3.05, 3.63) is 141 Å². The summed E-state index contributed by atoms with van der Waals surface area (Å²) in [6.07, 6.45) is 0. The number of hydrogen-bond acceptors (Lipinski definition) is 3. The van der Waals surface area contributed by atoms with Crippen LogP contribution in [0.4, 0.5) is 10.5 Å². The SMILES string of the molecule is O=C(N/N=C(/c1cccc(Br)c1)c1c(-c2ccccc2)[nH]n(-c2ccccc2)c1=O)Nc1ccccc1. The molecule has 7 nitrogen and oxygen atoms in total. The molecule has 4 aromatic carbocycles. The third-order valence-electron chi connectivity index (χ3n) is 5.60. The fraction of sp³-hybridized carbons (Fsp3) is 0. The van der Waals surface area contributed by atoms with E-state index in [0.717, 1.165) is 10.0 Å². The Kier molecular flexibility index (Phi) is 7.09. The molecule has 0 radical (unpaired) electrons. The highest BCUT2D eigenvalue weighted by Gasteiger charge is 2.23. The molecule has 0 aliphatic rings. The number of nitrogens with one attached hydrogen (secondary N) is 3. The van der Waals surface area contributed by atoms with Crippen LogP contribution in [-0.4, -0.2) is 21.5 Å². The van der Waals surface area contributed by atoms with Crippen LogP contribution in [0.15, 0.2) is 130 Å². The average Bonchev–Trinajstić information content (AvgIpc) is 3.27. The first-order valence-corrected chi connectivity index (χ1v) is 12.3. The van der Waals surface area contributed by atoms with Gasteiger partial charge in [0.1, 0.15) is 5.71 Å². The van der Waals surface area contributed by atoms with Crippen molar-refractivity contribution in [2.75, 3.05) is 5.32 Å². The molecule has 0 saturated carbocycles. The summed E-state index contributed by atoms with van der Waals surface area (Å²) in [5.41, 5.74) is 6.26. The molecule has 0 fully saturated rings. The number of urea groups is 1. The summed E-state index contributed by atoms with van der Waals surface area (Å²) >= 11 is 3.51. The molecule has 0 unspecified atom stereocenters. The van der Waals surface area contributed by atoms with E-state index in [0.29, 0.717) is 33.9 Å². The van der Waals surface area contributed by atoms with Gasteiger partial charge in [-0.05, 0) is 36.4 Å². The molecule has 0 bridgehead atoms. The molecule has 8 heteroatoms. The summed E-state index contributed by atoms with van der Waals surface area (Å²) in [6.45, 7) is 0. The monoisotopic (exact) mass is 551 g/mol. The Balaban J connectivity index is 1.66. The zero-order valence-corrected chi connectivity index (χ0v) is 21.1. The molecule has 5 aromatic rings. The van der Waals surface area contributed by atoms with E-state index >= 15 is 0 Å². The van der Waals surface area contributed by atoms with Crippen LogP contribution >= 0.6 is 15.9 Å². The molecule has 5 rings (SSSR count). The highest BCUT2D eigenvalue weighted by atomic mass is 79.9. The second-order valence-corrected chi connectivity index (χ2v) is 9.02. The second kappa shape index (κ2) is 10.9. The molecule has 2 amide bonds. The first-order chi connectivity index (χ1) is 18.1. The molecule has 0 saturated heterocycles. The molecule has 182 valence electrons. The number of anilines is 1. The van der Waals surface area contributed by atoms with Gasteiger partial charge in [-0.2, -0.15) is 5.10 Å². The summed E-state index contributed by atoms with van der Waals surface area (Å²) in [4.78, 5) is 26.6. The van der Waals surface area contributed by atoms with Gasteiger partial charge in [-0.3, -0.25) is 9.89 Å². The van der Waals surface area contributed by atoms with Gasteiger partial charge in [-0.1, -0.05) is 94.8 Å². The third kappa shape index (κ3) is 5.44. The summed E-state index contributed by atoms with van der Waals surface area (Å²) < 4.78 is 2.29. The molecule has 0 spiro atoms. The zero-order valence-electron chi connectivity index (χ0n) is 19.6. The molecule has 0 aliphatic carbocycles. The first-order valence-electron chi connectivity index (χ1n) is 11.5. The second-order valence-electron chi connectivity index (χ2n) is 8.11. The van der Waals surface area contributed by atoms with Gasteiger partial charge in [0, 0.05) is 21.3 Å². The minimum absolute atomic E-state index is 0.297. The van der Waals surface area contributed by atoms with Crippen molar-refractivity contribution in [2.45, 2.75) is 0 Å². The lowest BCUT2D eigenvalue weighted by Gasteiger charge is -2.09. The van der Waals surface area contributed by atoms with Gasteiger partial charge in [0.05, 0.1) is 16.9 Å². The zero-order chi connectivity index (χ0) is 25.6. The Morgan fingerprint density at radius 1 is 0.811 bits per heavy atom. The van der Waals surface area contributed by atoms with E-state index in [9.17, 15) is 9.59 Å². The van der Waals surface area contributed by atoms with Crippen molar-refractivity contribution in [3.63, 3.8) is 0 Å². The van der Waals surface area contributed by atoms with Crippen molar-refractivity contribution < 1.29 is 4.79 Å². The van der Waals surface area contributed by atoms with Gasteiger partial charge in [-0.25, -0.2) is 14.9 Å². The van der Waals surface area contributed by atoms with Gasteiger partial charge in [0.2, 0.25) is 0 Å². The number of nitrogens with zero attached hydrogens (tertiary/aromatic N) is 2. The molecule has 37 heavy (non-hydrogen) atoms. The Bertz CT molecular complexity index is 1610. The lowest BCUT2D eigenvalue weighted by Crippen LogP contribution is -2.28. The van der Waals surface area contributed by atoms with Crippen molar-refractivity contribution in [3.8, 4) is 16.9 Å². The van der Waals surface area contributed by atoms with E-state index < -0.39 is 6.03 Å². The summed E-state index contributed by atoms with van der Waals surface area (Å²) in [5, 5.41) is 10.5. The third-order valence-corrected chi connectivity index (χ3v) is 6.10. The lowest BCUT2D eigenvalue weighted by molar-refractivity contribution is 0.252. The standard InChI is InChI=1S/C29H22BrN5O2/c30-22-14-10-13-21(19-22)26(32-33-29(37)31-23-15-6-2-7-16-23)25-27(20-11-4-1-5-12-20)34-35(28(25)36)24-17-8-3-9-18-24/h1-19,34H,(H2,31,33,37)/b32-26-. The number of amides is 2. The average molecular weight is 552 g/mol. The number of para-hydroxylation sites is 2. The highest BCUT2D eigenvalue weighted by Crippen LogP contribution is 2.24. The maximum absolute atomic E-state index is 13.9. The van der Waals surface area contributed by atoms with Crippen LogP contribution < -0.4 is 16.3 Å². The van der Waals surface area contributed by atoms with E-state index in [1.807, 2.05) is 103 Å². The van der Waals surface area contributed by atoms with Crippen LogP contribution in [-0.2, 0) is 0 Å². The number of aromatic nitrogens is 2. The van der Waals surface area contributed by atoms with Crippen LogP contribution in [0.2, 0.25) is 0 Å². The quantitative estimate of drug-likeness (QED) is 0.174. The van der Waals surface area contributed by atoms with E-state index in [1.165, 1.54) is 4.68 Å². The maximum Gasteiger partial charge on any atom is 0.339 e. The van der Waals surface area contributed by atoms with Gasteiger partial charge < -0.3 is 5.32 Å². The molecule has 1 aromatic heterocycles. The van der Waals surface area contributed by atoms with Crippen LogP contribution in [0.5, 0.6) is 0 Å². The number of benzene rings is 4. The number of aromatic amines is 1. The summed E-state index contributed by atoms with van der Waals surface area (Å²) in [5.74, 6) is 0. The Labute approximate surface area is 221 Å². The number of carbonyl (C=O) groups is 1. The van der Waals surface area contributed by atoms with E-state index in [4.69, 9.17) is 0 Å². The topological polar surface area (TPSA) is 91.3 Å². The number of hydrazone groups is 1. The fourth-order valence-electron chi connectivity index (χ4n) is 3.92. The van der Waals surface area contributed by atoms with Gasteiger partial charge in [0.15, 0.2) is 0 Å².